The van der Waals surface area contributed by atoms with Crippen molar-refractivity contribution in [1.82, 2.24) is 0 Å². The lowest BCUT2D eigenvalue weighted by molar-refractivity contribution is 0.573. The molecule has 0 aliphatic rings. The van der Waals surface area contributed by atoms with Crippen molar-refractivity contribution in [2.75, 3.05) is 5.73 Å². The molecule has 0 fully saturated rings. The van der Waals surface area contributed by atoms with Crippen LogP contribution in [-0.4, -0.2) is 16.8 Å². The number of benzene rings is 1. The molecule has 1 aromatic carbocycles. The Hall–Kier alpha value is -0.570. The molecular weight excluding hydrogens is 304 g/mol. The Morgan fingerprint density at radius 3 is 1.81 bits per heavy atom. The third-order valence-electron chi connectivity index (χ3n) is 1.59. The molecule has 0 unspecified atom stereocenters. The van der Waals surface area contributed by atoms with E-state index in [1.165, 1.54) is 0 Å². The van der Waals surface area contributed by atoms with Crippen LogP contribution in [0.25, 0.3) is 0 Å². The van der Waals surface area contributed by atoms with Gasteiger partial charge >= 0.3 is 0 Å². The van der Waals surface area contributed by atoms with E-state index in [-0.39, 0.29) is 0 Å². The predicted octanol–water partition coefficient (Wildman–Crippen LogP) is 1.26. The molecule has 0 saturated heterocycles. The Kier molecular flexibility index (Phi) is 3.39. The molecule has 0 bridgehead atoms. The summed E-state index contributed by atoms with van der Waals surface area (Å²) in [6.07, 6.45) is 0. The van der Waals surface area contributed by atoms with Crippen LogP contribution < -0.4 is 5.73 Å². The zero-order valence-corrected chi connectivity index (χ0v) is 10.5. The summed E-state index contributed by atoms with van der Waals surface area (Å²) in [5.74, 6) is -1.25. The molecule has 16 heavy (non-hydrogen) atoms. The van der Waals surface area contributed by atoms with E-state index in [0.717, 1.165) is 0 Å². The number of hydrogen-bond acceptors (Lipinski definition) is 5. The highest BCUT2D eigenvalue weighted by atomic mass is 35.7. The molecule has 10 heteroatoms. The largest absolute Gasteiger partial charge is 0.398 e. The topological polar surface area (TPSA) is 94.3 Å². The van der Waals surface area contributed by atoms with Crippen LogP contribution in [0.4, 0.5) is 10.1 Å². The molecule has 2 N–H and O–H groups in total. The number of halogens is 3. The Morgan fingerprint density at radius 1 is 1.00 bits per heavy atom. The second-order valence-corrected chi connectivity index (χ2v) is 7.76. The first-order valence-corrected chi connectivity index (χ1v) is 8.13. The maximum Gasteiger partial charge on any atom is 0.264 e. The van der Waals surface area contributed by atoms with E-state index < -0.39 is 39.4 Å². The molecule has 0 radical (unpaired) electrons. The number of rotatable bonds is 2. The van der Waals surface area contributed by atoms with Crippen molar-refractivity contribution in [3.63, 3.8) is 0 Å². The van der Waals surface area contributed by atoms with Gasteiger partial charge < -0.3 is 5.73 Å². The van der Waals surface area contributed by atoms with E-state index in [0.29, 0.717) is 12.1 Å². The van der Waals surface area contributed by atoms with Crippen molar-refractivity contribution in [3.8, 4) is 0 Å². The van der Waals surface area contributed by atoms with Crippen molar-refractivity contribution in [3.05, 3.63) is 17.9 Å². The quantitative estimate of drug-likeness (QED) is 0.655. The minimum Gasteiger partial charge on any atom is -0.398 e. The minimum atomic E-state index is -4.41. The molecule has 1 rings (SSSR count). The van der Waals surface area contributed by atoms with E-state index in [1.807, 2.05) is 0 Å². The van der Waals surface area contributed by atoms with Crippen LogP contribution >= 0.6 is 21.4 Å². The fourth-order valence-corrected chi connectivity index (χ4v) is 2.93. The first kappa shape index (κ1) is 13.5. The highest BCUT2D eigenvalue weighted by molar-refractivity contribution is 8.14. The highest BCUT2D eigenvalue weighted by Gasteiger charge is 2.23. The fourth-order valence-electron chi connectivity index (χ4n) is 0.948. The first-order chi connectivity index (χ1) is 7.03. The van der Waals surface area contributed by atoms with Gasteiger partial charge in [-0.1, -0.05) is 0 Å². The van der Waals surface area contributed by atoms with Gasteiger partial charge in [0, 0.05) is 21.4 Å². The van der Waals surface area contributed by atoms with Crippen molar-refractivity contribution in [1.29, 1.82) is 0 Å². The van der Waals surface area contributed by atoms with Gasteiger partial charge in [-0.3, -0.25) is 0 Å². The number of nitrogens with two attached hydrogens (primary N) is 1. The van der Waals surface area contributed by atoms with E-state index in [4.69, 9.17) is 27.1 Å². The summed E-state index contributed by atoms with van der Waals surface area (Å²) >= 11 is 0. The van der Waals surface area contributed by atoms with Crippen LogP contribution in [0.1, 0.15) is 0 Å². The molecule has 0 heterocycles. The summed E-state index contributed by atoms with van der Waals surface area (Å²) in [6, 6.07) is 0.986. The molecule has 0 saturated carbocycles. The zero-order chi connectivity index (χ0) is 12.7. The molecule has 0 amide bonds. The van der Waals surface area contributed by atoms with Gasteiger partial charge in [0.2, 0.25) is 0 Å². The lowest BCUT2D eigenvalue weighted by Crippen LogP contribution is -2.04. The van der Waals surface area contributed by atoms with Gasteiger partial charge in [0.25, 0.3) is 18.1 Å². The Morgan fingerprint density at radius 2 is 1.44 bits per heavy atom. The summed E-state index contributed by atoms with van der Waals surface area (Å²) in [6.45, 7) is 0. The van der Waals surface area contributed by atoms with E-state index in [2.05, 4.69) is 0 Å². The monoisotopic (exact) mass is 307 g/mol. The fraction of sp³-hybridized carbons (Fsp3) is 0. The maximum absolute atomic E-state index is 13.1. The van der Waals surface area contributed by atoms with Gasteiger partial charge in [-0.25, -0.2) is 21.2 Å². The van der Waals surface area contributed by atoms with Crippen LogP contribution in [0, 0.1) is 5.82 Å². The van der Waals surface area contributed by atoms with Gasteiger partial charge in [0.1, 0.15) is 15.6 Å². The third kappa shape index (κ3) is 2.76. The molecular formula is C6H4Cl2FNO4S2. The van der Waals surface area contributed by atoms with Gasteiger partial charge in [-0.15, -0.1) is 0 Å². The van der Waals surface area contributed by atoms with Crippen molar-refractivity contribution in [2.24, 2.45) is 0 Å². The predicted molar refractivity (Wildman–Crippen MR) is 56.9 cm³/mol. The van der Waals surface area contributed by atoms with E-state index in [9.17, 15) is 21.2 Å². The summed E-state index contributed by atoms with van der Waals surface area (Å²) in [5.41, 5.74) is 4.67. The average Bonchev–Trinajstić information content (AvgIpc) is 1.97. The van der Waals surface area contributed by atoms with Crippen LogP contribution in [0.15, 0.2) is 21.9 Å². The Balaban J connectivity index is 3.72. The van der Waals surface area contributed by atoms with Crippen molar-refractivity contribution < 1.29 is 21.2 Å². The second-order valence-electron chi connectivity index (χ2n) is 2.70. The van der Waals surface area contributed by atoms with E-state index >= 15 is 0 Å². The molecule has 0 aromatic heterocycles. The van der Waals surface area contributed by atoms with Crippen LogP contribution in [-0.2, 0) is 18.1 Å². The lowest BCUT2D eigenvalue weighted by Gasteiger charge is -2.05. The Labute approximate surface area is 99.8 Å². The highest BCUT2D eigenvalue weighted by Crippen LogP contribution is 2.29. The lowest BCUT2D eigenvalue weighted by atomic mass is 10.3. The number of nitrogen functional groups attached to an aromatic ring is 1. The standard InChI is InChI=1S/C6H4Cl2FNO4S2/c7-15(11,12)5-2-6(16(8,13)14)4(10)1-3(5)9/h1-2H,10H2. The number of anilines is 1. The smallest absolute Gasteiger partial charge is 0.264 e. The zero-order valence-electron chi connectivity index (χ0n) is 7.32. The van der Waals surface area contributed by atoms with Gasteiger partial charge in [-0.05, 0) is 12.1 Å². The van der Waals surface area contributed by atoms with Gasteiger partial charge in [0.05, 0.1) is 5.69 Å². The Bertz CT molecular complexity index is 587. The van der Waals surface area contributed by atoms with Crippen LogP contribution in [0.3, 0.4) is 0 Å². The molecule has 0 aliphatic heterocycles. The SMILES string of the molecule is Nc1cc(F)c(S(=O)(=O)Cl)cc1S(=O)(=O)Cl. The molecule has 1 aromatic rings. The van der Waals surface area contributed by atoms with Crippen molar-refractivity contribution >= 4 is 45.2 Å². The molecule has 0 atom stereocenters. The minimum absolute atomic E-state index is 0.468. The molecule has 90 valence electrons. The van der Waals surface area contributed by atoms with Crippen LogP contribution in [0.2, 0.25) is 0 Å². The average molecular weight is 308 g/mol. The van der Waals surface area contributed by atoms with Crippen molar-refractivity contribution in [2.45, 2.75) is 9.79 Å². The molecule has 5 nitrogen and oxygen atoms in total. The maximum atomic E-state index is 13.1. The molecule has 0 spiro atoms. The van der Waals surface area contributed by atoms with Crippen LogP contribution in [0.5, 0.6) is 0 Å². The molecule has 0 aliphatic carbocycles. The summed E-state index contributed by atoms with van der Waals surface area (Å²) in [5, 5.41) is 0. The summed E-state index contributed by atoms with van der Waals surface area (Å²) < 4.78 is 56.9. The second kappa shape index (κ2) is 4.02. The van der Waals surface area contributed by atoms with Gasteiger partial charge in [-0.2, -0.15) is 0 Å². The normalized spacial score (nSPS) is 12.7. The third-order valence-corrected chi connectivity index (χ3v) is 4.30. The van der Waals surface area contributed by atoms with E-state index in [1.54, 1.807) is 0 Å². The number of hydrogen-bond donors (Lipinski definition) is 1. The first-order valence-electron chi connectivity index (χ1n) is 3.52. The summed E-state index contributed by atoms with van der Waals surface area (Å²) in [7, 11) is 1.17. The summed E-state index contributed by atoms with van der Waals surface area (Å²) in [4.78, 5) is -1.71. The van der Waals surface area contributed by atoms with Gasteiger partial charge in [0.15, 0.2) is 0 Å².